The van der Waals surface area contributed by atoms with Gasteiger partial charge in [-0.05, 0) is 24.6 Å². The highest BCUT2D eigenvalue weighted by Gasteiger charge is 2.32. The smallest absolute Gasteiger partial charge is 0.343 e. The van der Waals surface area contributed by atoms with E-state index in [1.54, 1.807) is 19.1 Å². The van der Waals surface area contributed by atoms with Crippen molar-refractivity contribution in [2.45, 2.75) is 19.3 Å². The van der Waals surface area contributed by atoms with Crippen LogP contribution >= 0.6 is 0 Å². The molecule has 3 rings (SSSR count). The van der Waals surface area contributed by atoms with Gasteiger partial charge < -0.3 is 19.0 Å². The lowest BCUT2D eigenvalue weighted by Gasteiger charge is -2.23. The van der Waals surface area contributed by atoms with E-state index in [2.05, 4.69) is 0 Å². The summed E-state index contributed by atoms with van der Waals surface area (Å²) >= 11 is 0. The fourth-order valence-electron chi connectivity index (χ4n) is 2.62. The average Bonchev–Trinajstić information content (AvgIpc) is 2.46. The molecule has 1 aromatic heterocycles. The molecule has 6 nitrogen and oxygen atoms in total. The lowest BCUT2D eigenvalue weighted by molar-refractivity contribution is -0.135. The van der Waals surface area contributed by atoms with E-state index >= 15 is 0 Å². The van der Waals surface area contributed by atoms with Crippen LogP contribution in [0.25, 0.3) is 0 Å². The number of carbonyl (C=O) groups is 1. The summed E-state index contributed by atoms with van der Waals surface area (Å²) in [5.74, 6) is -0.0602. The number of fused-ring (bicyclic) bond motifs is 1. The molecule has 0 radical (unpaired) electrons. The number of ether oxygens (including phenoxy) is 2. The number of aromatic hydroxyl groups is 1. The Morgan fingerprint density at radius 1 is 1.27 bits per heavy atom. The molecule has 0 saturated carbocycles. The number of hydrogen-bond acceptors (Lipinski definition) is 6. The van der Waals surface area contributed by atoms with Gasteiger partial charge in [0.25, 0.3) is 0 Å². The van der Waals surface area contributed by atoms with Crippen LogP contribution in [0.4, 0.5) is 0 Å². The number of esters is 1. The lowest BCUT2D eigenvalue weighted by atomic mass is 9.87. The van der Waals surface area contributed by atoms with Crippen molar-refractivity contribution in [2.75, 3.05) is 7.11 Å². The highest BCUT2D eigenvalue weighted by molar-refractivity contribution is 5.77. The molecule has 1 aromatic carbocycles. The van der Waals surface area contributed by atoms with Crippen LogP contribution < -0.4 is 15.1 Å². The molecule has 22 heavy (non-hydrogen) atoms. The summed E-state index contributed by atoms with van der Waals surface area (Å²) in [7, 11) is 1.43. The molecule has 114 valence electrons. The van der Waals surface area contributed by atoms with Gasteiger partial charge in [-0.1, -0.05) is 6.07 Å². The van der Waals surface area contributed by atoms with Gasteiger partial charge in [-0.2, -0.15) is 0 Å². The number of phenols is 1. The van der Waals surface area contributed by atoms with Gasteiger partial charge in [-0.15, -0.1) is 0 Å². The summed E-state index contributed by atoms with van der Waals surface area (Å²) < 4.78 is 15.3. The Kier molecular flexibility index (Phi) is 3.36. The SMILES string of the molecule is COc1cc([C@@H]2CC(=O)Oc3cc(C)oc(=O)c32)ccc1O. The summed E-state index contributed by atoms with van der Waals surface area (Å²) in [6, 6.07) is 6.23. The van der Waals surface area contributed by atoms with E-state index in [1.807, 2.05) is 0 Å². The van der Waals surface area contributed by atoms with Crippen LogP contribution in [0.5, 0.6) is 17.2 Å². The molecule has 0 amide bonds. The first-order chi connectivity index (χ1) is 10.5. The van der Waals surface area contributed by atoms with Gasteiger partial charge in [0.1, 0.15) is 11.5 Å². The topological polar surface area (TPSA) is 86.0 Å². The van der Waals surface area contributed by atoms with Crippen LogP contribution in [-0.4, -0.2) is 18.2 Å². The summed E-state index contributed by atoms with van der Waals surface area (Å²) in [5.41, 5.74) is 0.446. The normalized spacial score (nSPS) is 16.8. The van der Waals surface area contributed by atoms with Crippen molar-refractivity contribution >= 4 is 5.97 Å². The van der Waals surface area contributed by atoms with E-state index < -0.39 is 17.5 Å². The average molecular weight is 302 g/mol. The molecule has 1 N–H and O–H groups in total. The molecule has 0 bridgehead atoms. The van der Waals surface area contributed by atoms with E-state index in [9.17, 15) is 14.7 Å². The Morgan fingerprint density at radius 3 is 2.77 bits per heavy atom. The minimum atomic E-state index is -0.528. The number of carbonyl (C=O) groups excluding carboxylic acids is 1. The van der Waals surface area contributed by atoms with Crippen molar-refractivity contribution in [2.24, 2.45) is 0 Å². The molecular formula is C16H14O6. The van der Waals surface area contributed by atoms with Gasteiger partial charge in [0.2, 0.25) is 0 Å². The number of rotatable bonds is 2. The quantitative estimate of drug-likeness (QED) is 0.855. The zero-order valence-electron chi connectivity index (χ0n) is 12.1. The first-order valence-electron chi connectivity index (χ1n) is 6.72. The Morgan fingerprint density at radius 2 is 2.05 bits per heavy atom. The molecule has 0 saturated heterocycles. The fourth-order valence-corrected chi connectivity index (χ4v) is 2.62. The van der Waals surface area contributed by atoms with Gasteiger partial charge in [-0.3, -0.25) is 4.79 Å². The molecule has 0 fully saturated rings. The molecule has 1 aliphatic rings. The Labute approximate surface area is 125 Å². The van der Waals surface area contributed by atoms with Crippen molar-refractivity contribution in [3.63, 3.8) is 0 Å². The third kappa shape index (κ3) is 2.32. The Balaban J connectivity index is 2.17. The highest BCUT2D eigenvalue weighted by Crippen LogP contribution is 2.39. The maximum Gasteiger partial charge on any atom is 0.343 e. The van der Waals surface area contributed by atoms with Crippen molar-refractivity contribution in [3.05, 3.63) is 51.6 Å². The van der Waals surface area contributed by atoms with Gasteiger partial charge in [0.15, 0.2) is 11.5 Å². The summed E-state index contributed by atoms with van der Waals surface area (Å²) in [6.07, 6.45) is 0.0226. The molecule has 2 heterocycles. The number of phenolic OH excluding ortho intramolecular Hbond substituents is 1. The summed E-state index contributed by atoms with van der Waals surface area (Å²) in [4.78, 5) is 24.0. The first-order valence-corrected chi connectivity index (χ1v) is 6.72. The maximum absolute atomic E-state index is 12.2. The van der Waals surface area contributed by atoms with E-state index in [1.165, 1.54) is 19.2 Å². The number of aryl methyl sites for hydroxylation is 1. The van der Waals surface area contributed by atoms with Crippen molar-refractivity contribution in [1.82, 2.24) is 0 Å². The highest BCUT2D eigenvalue weighted by atomic mass is 16.5. The van der Waals surface area contributed by atoms with E-state index in [-0.39, 0.29) is 23.7 Å². The third-order valence-electron chi connectivity index (χ3n) is 3.62. The fraction of sp³-hybridized carbons (Fsp3) is 0.250. The third-order valence-corrected chi connectivity index (χ3v) is 3.62. The summed E-state index contributed by atoms with van der Waals surface area (Å²) in [6.45, 7) is 1.61. The van der Waals surface area contributed by atoms with E-state index in [4.69, 9.17) is 13.9 Å². The van der Waals surface area contributed by atoms with E-state index in [0.717, 1.165) is 0 Å². The zero-order chi connectivity index (χ0) is 15.9. The van der Waals surface area contributed by atoms with Crippen LogP contribution in [0.2, 0.25) is 0 Å². The van der Waals surface area contributed by atoms with Crippen LogP contribution in [0, 0.1) is 6.92 Å². The second-order valence-electron chi connectivity index (χ2n) is 5.08. The zero-order valence-corrected chi connectivity index (χ0v) is 12.1. The van der Waals surface area contributed by atoms with Crippen LogP contribution in [0.1, 0.15) is 29.2 Å². The maximum atomic E-state index is 12.2. The van der Waals surface area contributed by atoms with Gasteiger partial charge in [0, 0.05) is 12.0 Å². The second kappa shape index (κ2) is 5.22. The number of benzene rings is 1. The van der Waals surface area contributed by atoms with Crippen LogP contribution in [0.15, 0.2) is 33.5 Å². The van der Waals surface area contributed by atoms with Gasteiger partial charge >= 0.3 is 11.6 Å². The predicted octanol–water partition coefficient (Wildman–Crippen LogP) is 2.10. The Hall–Kier alpha value is -2.76. The Bertz CT molecular complexity index is 805. The molecule has 1 atom stereocenters. The minimum Gasteiger partial charge on any atom is -0.504 e. The standard InChI is InChI=1S/C16H14O6/c1-8-5-13-15(16(19)21-8)10(7-14(18)22-13)9-3-4-11(17)12(6-9)20-2/h3-6,10,17H,7H2,1-2H3/t10-/m0/s1. The van der Waals surface area contributed by atoms with Crippen LogP contribution in [-0.2, 0) is 4.79 Å². The molecule has 0 spiro atoms. The van der Waals surface area contributed by atoms with Crippen molar-refractivity contribution < 1.29 is 23.8 Å². The monoisotopic (exact) mass is 302 g/mol. The largest absolute Gasteiger partial charge is 0.504 e. The van der Waals surface area contributed by atoms with Crippen molar-refractivity contribution in [1.29, 1.82) is 0 Å². The molecule has 6 heteroatoms. The second-order valence-corrected chi connectivity index (χ2v) is 5.08. The minimum absolute atomic E-state index is 0.0131. The lowest BCUT2D eigenvalue weighted by Crippen LogP contribution is -2.26. The molecule has 0 aliphatic carbocycles. The molecule has 1 aliphatic heterocycles. The number of methoxy groups -OCH3 is 1. The van der Waals surface area contributed by atoms with Gasteiger partial charge in [-0.25, -0.2) is 4.79 Å². The molecule has 0 unspecified atom stereocenters. The first kappa shape index (κ1) is 14.2. The summed E-state index contributed by atoms with van der Waals surface area (Å²) in [5, 5.41) is 9.67. The van der Waals surface area contributed by atoms with Crippen molar-refractivity contribution in [3.8, 4) is 17.2 Å². The van der Waals surface area contributed by atoms with Gasteiger partial charge in [0.05, 0.1) is 19.1 Å². The number of hydrogen-bond donors (Lipinski definition) is 1. The molecular weight excluding hydrogens is 288 g/mol. The van der Waals surface area contributed by atoms with E-state index in [0.29, 0.717) is 16.9 Å². The van der Waals surface area contributed by atoms with Crippen LogP contribution in [0.3, 0.4) is 0 Å². The molecule has 2 aromatic rings. The predicted molar refractivity (Wildman–Crippen MR) is 76.5 cm³/mol.